The molecule has 1 N–H and O–H groups in total. The van der Waals surface area contributed by atoms with E-state index in [2.05, 4.69) is 20.8 Å². The van der Waals surface area contributed by atoms with Gasteiger partial charge in [-0.2, -0.15) is 0 Å². The van der Waals surface area contributed by atoms with Crippen LogP contribution < -0.4 is 0 Å². The maximum Gasteiger partial charge on any atom is 0.325 e. The van der Waals surface area contributed by atoms with Crippen LogP contribution in [0, 0.1) is 0 Å². The van der Waals surface area contributed by atoms with Crippen molar-refractivity contribution in [2.75, 3.05) is 0 Å². The van der Waals surface area contributed by atoms with Gasteiger partial charge in [0.15, 0.2) is 0 Å². The number of hydrogen-bond acceptors (Lipinski definition) is 2. The van der Waals surface area contributed by atoms with E-state index in [9.17, 15) is 9.90 Å². The number of carboxylic acid groups (broad SMARTS) is 1. The Hall–Kier alpha value is -1.35. The highest BCUT2D eigenvalue weighted by molar-refractivity contribution is 5.77. The molecule has 2 rings (SSSR count). The highest BCUT2D eigenvalue weighted by atomic mass is 16.4. The number of carbonyl (C=O) groups is 1. The molecule has 3 heteroatoms. The molecule has 1 aromatic carbocycles. The third-order valence-electron chi connectivity index (χ3n) is 3.10. The fourth-order valence-corrected chi connectivity index (χ4v) is 2.28. The van der Waals surface area contributed by atoms with E-state index in [1.54, 1.807) is 0 Å². The molecule has 86 valence electrons. The van der Waals surface area contributed by atoms with Crippen LogP contribution >= 0.6 is 0 Å². The van der Waals surface area contributed by atoms with Gasteiger partial charge in [-0.05, 0) is 31.9 Å². The Bertz CT molecular complexity index is 420. The minimum absolute atomic E-state index is 0.137. The highest BCUT2D eigenvalue weighted by Crippen LogP contribution is 2.38. The van der Waals surface area contributed by atoms with E-state index in [0.717, 1.165) is 17.7 Å². The molecule has 0 fully saturated rings. The van der Waals surface area contributed by atoms with Crippen molar-refractivity contribution in [1.82, 2.24) is 4.90 Å². The summed E-state index contributed by atoms with van der Waals surface area (Å²) in [6, 6.07) is 7.29. The quantitative estimate of drug-likeness (QED) is 0.788. The summed E-state index contributed by atoms with van der Waals surface area (Å²) >= 11 is 0. The van der Waals surface area contributed by atoms with Crippen LogP contribution in [-0.2, 0) is 11.3 Å². The molecule has 1 aliphatic rings. The Morgan fingerprint density at radius 2 is 2.00 bits per heavy atom. The van der Waals surface area contributed by atoms with E-state index in [-0.39, 0.29) is 5.54 Å². The zero-order valence-electron chi connectivity index (χ0n) is 9.90. The van der Waals surface area contributed by atoms with E-state index in [1.165, 1.54) is 0 Å². The molecule has 0 aromatic heterocycles. The first-order valence-electron chi connectivity index (χ1n) is 5.48. The number of benzene rings is 1. The summed E-state index contributed by atoms with van der Waals surface area (Å²) < 4.78 is 0. The van der Waals surface area contributed by atoms with E-state index < -0.39 is 12.0 Å². The van der Waals surface area contributed by atoms with Crippen LogP contribution in [0.4, 0.5) is 0 Å². The summed E-state index contributed by atoms with van der Waals surface area (Å²) in [5.74, 6) is -0.764. The van der Waals surface area contributed by atoms with Gasteiger partial charge in [0.2, 0.25) is 0 Å². The molecule has 16 heavy (non-hydrogen) atoms. The van der Waals surface area contributed by atoms with Gasteiger partial charge in [0, 0.05) is 12.1 Å². The molecule has 0 saturated heterocycles. The normalized spacial score (nSPS) is 20.8. The predicted molar refractivity (Wildman–Crippen MR) is 62.1 cm³/mol. The average Bonchev–Trinajstić information content (AvgIpc) is 2.55. The van der Waals surface area contributed by atoms with Crippen LogP contribution in [-0.4, -0.2) is 21.5 Å². The van der Waals surface area contributed by atoms with Crippen molar-refractivity contribution >= 4 is 5.97 Å². The fourth-order valence-electron chi connectivity index (χ4n) is 2.28. The number of rotatable bonds is 1. The summed E-state index contributed by atoms with van der Waals surface area (Å²) in [6.45, 7) is 6.87. The van der Waals surface area contributed by atoms with E-state index in [1.807, 2.05) is 29.2 Å². The molecule has 0 spiro atoms. The molecule has 1 aromatic rings. The zero-order valence-corrected chi connectivity index (χ0v) is 9.90. The van der Waals surface area contributed by atoms with Crippen LogP contribution in [0.2, 0.25) is 0 Å². The lowest BCUT2D eigenvalue weighted by molar-refractivity contribution is -0.145. The summed E-state index contributed by atoms with van der Waals surface area (Å²) in [6.07, 6.45) is 0. The van der Waals surface area contributed by atoms with Crippen LogP contribution in [0.1, 0.15) is 37.9 Å². The third kappa shape index (κ3) is 1.71. The van der Waals surface area contributed by atoms with Crippen LogP contribution in [0.3, 0.4) is 0 Å². The number of carboxylic acids is 1. The molecule has 0 radical (unpaired) electrons. The summed E-state index contributed by atoms with van der Waals surface area (Å²) in [5, 5.41) is 9.35. The van der Waals surface area contributed by atoms with Gasteiger partial charge in [-0.1, -0.05) is 24.3 Å². The Morgan fingerprint density at radius 3 is 2.56 bits per heavy atom. The SMILES string of the molecule is CC(C)(C)N1Cc2ccccc2[C@H]1C(=O)O. The van der Waals surface area contributed by atoms with Gasteiger partial charge in [0.1, 0.15) is 6.04 Å². The molecule has 0 bridgehead atoms. The van der Waals surface area contributed by atoms with Crippen molar-refractivity contribution in [1.29, 1.82) is 0 Å². The molecule has 1 aliphatic heterocycles. The predicted octanol–water partition coefficient (Wildman–Crippen LogP) is 2.43. The van der Waals surface area contributed by atoms with Gasteiger partial charge in [0.05, 0.1) is 0 Å². The lowest BCUT2D eigenvalue weighted by atomic mass is 10.0. The van der Waals surface area contributed by atoms with Crippen molar-refractivity contribution < 1.29 is 9.90 Å². The highest BCUT2D eigenvalue weighted by Gasteiger charge is 2.40. The van der Waals surface area contributed by atoms with Crippen molar-refractivity contribution in [2.24, 2.45) is 0 Å². The standard InChI is InChI=1S/C13H17NO2/c1-13(2,3)14-8-9-6-4-5-7-10(9)11(14)12(15)16/h4-7,11H,8H2,1-3H3,(H,15,16)/t11-/m0/s1. The second-order valence-electron chi connectivity index (χ2n) is 5.24. The minimum Gasteiger partial charge on any atom is -0.480 e. The zero-order chi connectivity index (χ0) is 11.9. The molecular weight excluding hydrogens is 202 g/mol. The Kier molecular flexibility index (Phi) is 2.50. The largest absolute Gasteiger partial charge is 0.480 e. The Morgan fingerprint density at radius 1 is 1.38 bits per heavy atom. The first-order valence-corrected chi connectivity index (χ1v) is 5.48. The maximum atomic E-state index is 11.4. The second-order valence-corrected chi connectivity index (χ2v) is 5.24. The molecule has 1 heterocycles. The van der Waals surface area contributed by atoms with Crippen LogP contribution in [0.15, 0.2) is 24.3 Å². The monoisotopic (exact) mass is 219 g/mol. The first kappa shape index (κ1) is 11.1. The van der Waals surface area contributed by atoms with Crippen molar-refractivity contribution in [3.05, 3.63) is 35.4 Å². The summed E-state index contributed by atoms with van der Waals surface area (Å²) in [5.41, 5.74) is 1.93. The number of aliphatic carboxylic acids is 1. The summed E-state index contributed by atoms with van der Waals surface area (Å²) in [4.78, 5) is 13.4. The molecule has 0 aliphatic carbocycles. The smallest absolute Gasteiger partial charge is 0.325 e. The molecule has 0 saturated carbocycles. The Balaban J connectivity index is 2.46. The van der Waals surface area contributed by atoms with Gasteiger partial charge in [-0.15, -0.1) is 0 Å². The lowest BCUT2D eigenvalue weighted by Gasteiger charge is -2.35. The van der Waals surface area contributed by atoms with Gasteiger partial charge < -0.3 is 5.11 Å². The minimum atomic E-state index is -0.764. The van der Waals surface area contributed by atoms with E-state index in [4.69, 9.17) is 0 Å². The van der Waals surface area contributed by atoms with E-state index >= 15 is 0 Å². The molecule has 1 atom stereocenters. The topological polar surface area (TPSA) is 40.5 Å². The first-order chi connectivity index (χ1) is 7.41. The summed E-state index contributed by atoms with van der Waals surface area (Å²) in [7, 11) is 0. The lowest BCUT2D eigenvalue weighted by Crippen LogP contribution is -2.42. The van der Waals surface area contributed by atoms with Gasteiger partial charge in [0.25, 0.3) is 0 Å². The van der Waals surface area contributed by atoms with Crippen molar-refractivity contribution in [2.45, 2.75) is 38.9 Å². The van der Waals surface area contributed by atoms with E-state index in [0.29, 0.717) is 0 Å². The average molecular weight is 219 g/mol. The molecule has 3 nitrogen and oxygen atoms in total. The third-order valence-corrected chi connectivity index (χ3v) is 3.10. The Labute approximate surface area is 95.7 Å². The van der Waals surface area contributed by atoms with Gasteiger partial charge in [-0.3, -0.25) is 9.69 Å². The van der Waals surface area contributed by atoms with Gasteiger partial charge >= 0.3 is 5.97 Å². The van der Waals surface area contributed by atoms with Gasteiger partial charge in [-0.25, -0.2) is 0 Å². The number of fused-ring (bicyclic) bond motifs is 1. The second kappa shape index (κ2) is 3.59. The van der Waals surface area contributed by atoms with Crippen LogP contribution in [0.25, 0.3) is 0 Å². The maximum absolute atomic E-state index is 11.4. The van der Waals surface area contributed by atoms with Crippen molar-refractivity contribution in [3.8, 4) is 0 Å². The van der Waals surface area contributed by atoms with Crippen LogP contribution in [0.5, 0.6) is 0 Å². The molecule has 0 unspecified atom stereocenters. The molecule has 0 amide bonds. The number of nitrogens with zero attached hydrogens (tertiary/aromatic N) is 1. The van der Waals surface area contributed by atoms with Crippen molar-refractivity contribution in [3.63, 3.8) is 0 Å². The number of hydrogen-bond donors (Lipinski definition) is 1. The fraction of sp³-hybridized carbons (Fsp3) is 0.462. The molecular formula is C13H17NO2.